The van der Waals surface area contributed by atoms with Crippen molar-refractivity contribution in [1.82, 2.24) is 15.1 Å². The Kier molecular flexibility index (Phi) is 8.56. The van der Waals surface area contributed by atoms with Crippen molar-refractivity contribution in [2.75, 3.05) is 39.8 Å². The fraction of sp³-hybridized carbons (Fsp3) is 0.722. The van der Waals surface area contributed by atoms with Crippen molar-refractivity contribution >= 4 is 29.9 Å². The van der Waals surface area contributed by atoms with E-state index in [-0.39, 0.29) is 30.0 Å². The summed E-state index contributed by atoms with van der Waals surface area (Å²) in [6.45, 7) is 14.0. The van der Waals surface area contributed by atoms with Gasteiger partial charge in [-0.2, -0.15) is 0 Å². The van der Waals surface area contributed by atoms with Crippen LogP contribution in [0.3, 0.4) is 0 Å². The Hall–Kier alpha value is -0.760. The van der Waals surface area contributed by atoms with Crippen molar-refractivity contribution in [1.29, 1.82) is 0 Å². The summed E-state index contributed by atoms with van der Waals surface area (Å²) in [5, 5.41) is 3.56. The van der Waals surface area contributed by atoms with E-state index in [9.17, 15) is 0 Å². The molecule has 0 aliphatic carbocycles. The van der Waals surface area contributed by atoms with Crippen LogP contribution in [0.25, 0.3) is 0 Å². The molecule has 1 aromatic heterocycles. The Bertz CT molecular complexity index is 497. The van der Waals surface area contributed by atoms with Crippen molar-refractivity contribution < 1.29 is 4.42 Å². The predicted octanol–water partition coefficient (Wildman–Crippen LogP) is 3.59. The third-order valence-electron chi connectivity index (χ3n) is 4.77. The minimum absolute atomic E-state index is 0. The maximum atomic E-state index is 5.67. The average molecular weight is 448 g/mol. The van der Waals surface area contributed by atoms with Crippen molar-refractivity contribution in [3.05, 3.63) is 24.2 Å². The molecule has 1 fully saturated rings. The molecule has 2 heterocycles. The summed E-state index contributed by atoms with van der Waals surface area (Å²) in [6.07, 6.45) is 2.97. The van der Waals surface area contributed by atoms with Gasteiger partial charge in [0, 0.05) is 26.7 Å². The lowest BCUT2D eigenvalue weighted by molar-refractivity contribution is 0.192. The maximum absolute atomic E-state index is 5.67. The van der Waals surface area contributed by atoms with Crippen LogP contribution in [-0.4, -0.2) is 55.5 Å². The molecular formula is C18H33IN4O. The molecule has 0 radical (unpaired) electrons. The van der Waals surface area contributed by atoms with E-state index in [1.807, 2.05) is 13.1 Å². The van der Waals surface area contributed by atoms with Crippen LogP contribution in [0, 0.1) is 5.41 Å². The molecule has 1 aromatic rings. The van der Waals surface area contributed by atoms with E-state index in [2.05, 4.69) is 53.9 Å². The summed E-state index contributed by atoms with van der Waals surface area (Å²) in [4.78, 5) is 9.25. The molecule has 138 valence electrons. The predicted molar refractivity (Wildman–Crippen MR) is 111 cm³/mol. The van der Waals surface area contributed by atoms with Gasteiger partial charge in [0.1, 0.15) is 5.76 Å². The molecule has 24 heavy (non-hydrogen) atoms. The molecular weight excluding hydrogens is 415 g/mol. The van der Waals surface area contributed by atoms with Gasteiger partial charge in [-0.15, -0.1) is 24.0 Å². The lowest BCUT2D eigenvalue weighted by atomic mass is 9.93. The van der Waals surface area contributed by atoms with Crippen molar-refractivity contribution in [3.8, 4) is 0 Å². The summed E-state index contributed by atoms with van der Waals surface area (Å²) in [7, 11) is 1.87. The van der Waals surface area contributed by atoms with Gasteiger partial charge in [-0.3, -0.25) is 9.89 Å². The molecule has 1 unspecified atom stereocenters. The van der Waals surface area contributed by atoms with Gasteiger partial charge >= 0.3 is 0 Å². The molecule has 6 heteroatoms. The SMILES string of the molecule is CCN(CC)C(CNC(=NC)N1CCC(C)(C)C1)c1ccco1.I. The number of rotatable bonds is 6. The van der Waals surface area contributed by atoms with E-state index < -0.39 is 0 Å². The first-order chi connectivity index (χ1) is 11.0. The third kappa shape index (κ3) is 5.37. The van der Waals surface area contributed by atoms with Crippen molar-refractivity contribution in [2.45, 2.75) is 40.2 Å². The van der Waals surface area contributed by atoms with Crippen LogP contribution >= 0.6 is 24.0 Å². The van der Waals surface area contributed by atoms with Gasteiger partial charge in [0.15, 0.2) is 5.96 Å². The molecule has 1 atom stereocenters. The molecule has 0 saturated carbocycles. The Labute approximate surface area is 163 Å². The molecule has 1 aliphatic rings. The van der Waals surface area contributed by atoms with Crippen LogP contribution in [0.2, 0.25) is 0 Å². The number of likely N-dealkylation sites (tertiary alicyclic amines) is 1. The molecule has 1 saturated heterocycles. The number of nitrogens with one attached hydrogen (secondary N) is 1. The van der Waals surface area contributed by atoms with E-state index in [4.69, 9.17) is 4.42 Å². The fourth-order valence-electron chi connectivity index (χ4n) is 3.37. The van der Waals surface area contributed by atoms with Gasteiger partial charge in [0.2, 0.25) is 0 Å². The summed E-state index contributed by atoms with van der Waals surface area (Å²) in [5.74, 6) is 2.01. The Balaban J connectivity index is 0.00000288. The lowest BCUT2D eigenvalue weighted by Gasteiger charge is -2.30. The number of halogens is 1. The van der Waals surface area contributed by atoms with Crippen molar-refractivity contribution in [3.63, 3.8) is 0 Å². The zero-order valence-corrected chi connectivity index (χ0v) is 18.0. The van der Waals surface area contributed by atoms with E-state index in [1.165, 1.54) is 6.42 Å². The largest absolute Gasteiger partial charge is 0.468 e. The van der Waals surface area contributed by atoms with Crippen LogP contribution in [0.5, 0.6) is 0 Å². The highest BCUT2D eigenvalue weighted by Gasteiger charge is 2.31. The molecule has 1 aliphatic heterocycles. The van der Waals surface area contributed by atoms with Gasteiger partial charge in [-0.05, 0) is 37.1 Å². The number of furan rings is 1. The average Bonchev–Trinajstić information content (AvgIpc) is 3.16. The first-order valence-corrected chi connectivity index (χ1v) is 8.73. The zero-order chi connectivity index (χ0) is 16.9. The smallest absolute Gasteiger partial charge is 0.193 e. The van der Waals surface area contributed by atoms with E-state index in [0.29, 0.717) is 5.41 Å². The zero-order valence-electron chi connectivity index (χ0n) is 15.7. The van der Waals surface area contributed by atoms with E-state index in [0.717, 1.165) is 44.4 Å². The van der Waals surface area contributed by atoms with Gasteiger partial charge in [0.05, 0.1) is 12.3 Å². The molecule has 0 bridgehead atoms. The molecule has 2 rings (SSSR count). The molecule has 0 aromatic carbocycles. The van der Waals surface area contributed by atoms with Gasteiger partial charge in [-0.25, -0.2) is 0 Å². The van der Waals surface area contributed by atoms with Gasteiger partial charge in [-0.1, -0.05) is 27.7 Å². The minimum Gasteiger partial charge on any atom is -0.468 e. The second-order valence-corrected chi connectivity index (χ2v) is 7.02. The standard InChI is InChI=1S/C18H32N4O.HI/c1-6-21(7-2)15(16-9-8-12-23-16)13-20-17(19-5)22-11-10-18(3,4)14-22;/h8-9,12,15H,6-7,10-11,13-14H2,1-5H3,(H,19,20);1H. The maximum Gasteiger partial charge on any atom is 0.193 e. The topological polar surface area (TPSA) is 44.0 Å². The number of aliphatic imine (C=N–C) groups is 1. The number of hydrogen-bond acceptors (Lipinski definition) is 3. The lowest BCUT2D eigenvalue weighted by Crippen LogP contribution is -2.45. The van der Waals surface area contributed by atoms with Crippen LogP contribution < -0.4 is 5.32 Å². The van der Waals surface area contributed by atoms with Crippen molar-refractivity contribution in [2.24, 2.45) is 10.4 Å². The molecule has 0 spiro atoms. The Morgan fingerprint density at radius 3 is 2.58 bits per heavy atom. The van der Waals surface area contributed by atoms with Gasteiger partial charge in [0.25, 0.3) is 0 Å². The first-order valence-electron chi connectivity index (χ1n) is 8.73. The summed E-state index contributed by atoms with van der Waals surface area (Å²) in [5.41, 5.74) is 0.372. The highest BCUT2D eigenvalue weighted by molar-refractivity contribution is 14.0. The number of guanidine groups is 1. The summed E-state index contributed by atoms with van der Waals surface area (Å²) < 4.78 is 5.67. The minimum atomic E-state index is 0. The van der Waals surface area contributed by atoms with Crippen LogP contribution in [0.4, 0.5) is 0 Å². The monoisotopic (exact) mass is 448 g/mol. The normalized spacial score (nSPS) is 18.6. The quantitative estimate of drug-likeness (QED) is 0.411. The number of hydrogen-bond donors (Lipinski definition) is 1. The Morgan fingerprint density at radius 2 is 2.12 bits per heavy atom. The summed E-state index contributed by atoms with van der Waals surface area (Å²) >= 11 is 0. The van der Waals surface area contributed by atoms with E-state index in [1.54, 1.807) is 6.26 Å². The summed E-state index contributed by atoms with van der Waals surface area (Å²) in [6, 6.07) is 4.25. The first kappa shape index (κ1) is 21.3. The number of likely N-dealkylation sites (N-methyl/N-ethyl adjacent to an activating group) is 1. The molecule has 0 amide bonds. The van der Waals surface area contributed by atoms with Crippen LogP contribution in [-0.2, 0) is 0 Å². The van der Waals surface area contributed by atoms with Crippen LogP contribution in [0.1, 0.15) is 45.9 Å². The third-order valence-corrected chi connectivity index (χ3v) is 4.77. The second-order valence-electron chi connectivity index (χ2n) is 7.02. The fourth-order valence-corrected chi connectivity index (χ4v) is 3.37. The molecule has 1 N–H and O–H groups in total. The van der Waals surface area contributed by atoms with E-state index >= 15 is 0 Å². The molecule has 5 nitrogen and oxygen atoms in total. The second kappa shape index (κ2) is 9.65. The van der Waals surface area contributed by atoms with Gasteiger partial charge < -0.3 is 14.6 Å². The Morgan fingerprint density at radius 1 is 1.42 bits per heavy atom. The highest BCUT2D eigenvalue weighted by Crippen LogP contribution is 2.28. The van der Waals surface area contributed by atoms with Crippen LogP contribution in [0.15, 0.2) is 27.8 Å². The highest BCUT2D eigenvalue weighted by atomic mass is 127. The number of nitrogens with zero attached hydrogens (tertiary/aromatic N) is 3.